The third kappa shape index (κ3) is 10.8. The van der Waals surface area contributed by atoms with Gasteiger partial charge < -0.3 is 14.0 Å². The van der Waals surface area contributed by atoms with Gasteiger partial charge in [-0.15, -0.1) is 0 Å². The number of hydrogen-bond acceptors (Lipinski definition) is 3. The first-order valence-electron chi connectivity index (χ1n) is 6.03. The van der Waals surface area contributed by atoms with Crippen molar-refractivity contribution in [2.45, 2.75) is 32.6 Å². The number of halogens is 1. The molecule has 0 saturated heterocycles. The van der Waals surface area contributed by atoms with Gasteiger partial charge in [0.05, 0.1) is 19.8 Å². The number of rotatable bonds is 11. The summed E-state index contributed by atoms with van der Waals surface area (Å²) in [6.45, 7) is 3.16. The van der Waals surface area contributed by atoms with Crippen LogP contribution in [-0.4, -0.2) is 37.2 Å². The predicted molar refractivity (Wildman–Crippen MR) is 69.0 cm³/mol. The van der Waals surface area contributed by atoms with Gasteiger partial charge in [-0.25, -0.2) is 0 Å². The van der Waals surface area contributed by atoms with Gasteiger partial charge in [0.1, 0.15) is 5.75 Å². The molecular formula is C12H23FO3S. The minimum atomic E-state index is -1.49. The van der Waals surface area contributed by atoms with Gasteiger partial charge in [-0.1, -0.05) is 19.8 Å². The molecule has 0 saturated carbocycles. The van der Waals surface area contributed by atoms with Crippen LogP contribution in [0.25, 0.3) is 0 Å². The average Bonchev–Trinajstić information content (AvgIpc) is 2.34. The number of methoxy groups -OCH3 is 1. The van der Waals surface area contributed by atoms with Gasteiger partial charge in [-0.2, -0.15) is 4.39 Å². The van der Waals surface area contributed by atoms with E-state index in [2.05, 4.69) is 6.92 Å². The molecule has 0 amide bonds. The van der Waals surface area contributed by atoms with Gasteiger partial charge >= 0.3 is 0 Å². The zero-order valence-electron chi connectivity index (χ0n) is 10.7. The van der Waals surface area contributed by atoms with Gasteiger partial charge in [0.2, 0.25) is 0 Å². The van der Waals surface area contributed by atoms with Crippen LogP contribution in [0.4, 0.5) is 4.39 Å². The van der Waals surface area contributed by atoms with Gasteiger partial charge in [0.15, 0.2) is 0 Å². The molecule has 0 heterocycles. The molecule has 0 N–H and O–H groups in total. The first kappa shape index (κ1) is 16.9. The Bertz CT molecular complexity index is 200. The van der Waals surface area contributed by atoms with Crippen molar-refractivity contribution in [3.8, 4) is 0 Å². The summed E-state index contributed by atoms with van der Waals surface area (Å²) in [6, 6.07) is 0. The lowest BCUT2D eigenvalue weighted by molar-refractivity contribution is 0.0849. The lowest BCUT2D eigenvalue weighted by Gasteiger charge is -2.07. The highest BCUT2D eigenvalue weighted by Gasteiger charge is 2.12. The van der Waals surface area contributed by atoms with Crippen LogP contribution in [0.3, 0.4) is 0 Å². The Morgan fingerprint density at radius 2 is 2.06 bits per heavy atom. The fourth-order valence-electron chi connectivity index (χ4n) is 1.20. The molecule has 0 aromatic carbocycles. The van der Waals surface area contributed by atoms with Crippen molar-refractivity contribution < 1.29 is 18.4 Å². The molecular weight excluding hydrogens is 243 g/mol. The molecule has 0 aliphatic carbocycles. The zero-order valence-corrected chi connectivity index (χ0v) is 11.6. The average molecular weight is 266 g/mol. The lowest BCUT2D eigenvalue weighted by atomic mass is 10.2. The summed E-state index contributed by atoms with van der Waals surface area (Å²) in [5.41, 5.74) is 0. The van der Waals surface area contributed by atoms with E-state index < -0.39 is 16.3 Å². The Hall–Kier alpha value is -0.100. The van der Waals surface area contributed by atoms with Crippen LogP contribution in [0.2, 0.25) is 0 Å². The Labute approximate surface area is 107 Å². The largest absolute Gasteiger partial charge is 0.610 e. The Kier molecular flexibility index (Phi) is 12.3. The van der Waals surface area contributed by atoms with E-state index in [1.807, 2.05) is 0 Å². The van der Waals surface area contributed by atoms with E-state index in [1.54, 1.807) is 7.11 Å². The summed E-state index contributed by atoms with van der Waals surface area (Å²) in [4.78, 5) is 0. The van der Waals surface area contributed by atoms with Crippen molar-refractivity contribution in [1.29, 1.82) is 0 Å². The maximum atomic E-state index is 13.3. The summed E-state index contributed by atoms with van der Waals surface area (Å²) in [6.07, 6.45) is 5.30. The normalized spacial score (nSPS) is 14.0. The smallest absolute Gasteiger partial charge is 0.298 e. The molecule has 17 heavy (non-hydrogen) atoms. The second kappa shape index (κ2) is 12.4. The van der Waals surface area contributed by atoms with Gasteiger partial charge in [0, 0.05) is 24.4 Å². The Morgan fingerprint density at radius 3 is 2.71 bits per heavy atom. The predicted octanol–water partition coefficient (Wildman–Crippen LogP) is 2.79. The highest BCUT2D eigenvalue weighted by atomic mass is 32.2. The summed E-state index contributed by atoms with van der Waals surface area (Å²) in [5.74, 6) is 0.403. The second-order valence-corrected chi connectivity index (χ2v) is 5.18. The number of unbranched alkanes of at least 4 members (excludes halogenated alkanes) is 3. The Balaban J connectivity index is 3.56. The molecule has 0 aliphatic rings. The van der Waals surface area contributed by atoms with E-state index in [4.69, 9.17) is 9.47 Å². The fraction of sp³-hybridized carbons (Fsp3) is 0.833. The van der Waals surface area contributed by atoms with Crippen LogP contribution in [0.5, 0.6) is 0 Å². The van der Waals surface area contributed by atoms with Crippen molar-refractivity contribution in [1.82, 2.24) is 0 Å². The van der Waals surface area contributed by atoms with Crippen molar-refractivity contribution in [2.75, 3.05) is 32.7 Å². The molecule has 3 nitrogen and oxygen atoms in total. The van der Waals surface area contributed by atoms with Gasteiger partial charge in [0.25, 0.3) is 5.16 Å². The van der Waals surface area contributed by atoms with Crippen molar-refractivity contribution in [2.24, 2.45) is 0 Å². The highest BCUT2D eigenvalue weighted by molar-refractivity contribution is 7.95. The molecule has 0 fully saturated rings. The van der Waals surface area contributed by atoms with Crippen LogP contribution < -0.4 is 0 Å². The molecule has 5 heteroatoms. The van der Waals surface area contributed by atoms with Crippen LogP contribution in [-0.2, 0) is 20.6 Å². The molecule has 0 aliphatic heterocycles. The van der Waals surface area contributed by atoms with Gasteiger partial charge in [-0.05, 0) is 12.8 Å². The van der Waals surface area contributed by atoms with Gasteiger partial charge in [-0.3, -0.25) is 0 Å². The molecule has 1 unspecified atom stereocenters. The fourth-order valence-corrected chi connectivity index (χ4v) is 2.12. The number of hydrogen-bond donors (Lipinski definition) is 0. The first-order valence-corrected chi connectivity index (χ1v) is 7.35. The van der Waals surface area contributed by atoms with Crippen molar-refractivity contribution in [3.63, 3.8) is 0 Å². The quantitative estimate of drug-likeness (QED) is 0.426. The third-order valence-corrected chi connectivity index (χ3v) is 3.46. The SMILES string of the molecule is CCCCCC[S+]([O-])C(F)=CCOCCOC. The second-order valence-electron chi connectivity index (χ2n) is 3.69. The summed E-state index contributed by atoms with van der Waals surface area (Å²) in [5, 5.41) is -0.570. The van der Waals surface area contributed by atoms with Crippen LogP contribution in [0, 0.1) is 0 Å². The minimum absolute atomic E-state index is 0.149. The molecule has 0 spiro atoms. The van der Waals surface area contributed by atoms with Crippen LogP contribution in [0.1, 0.15) is 32.6 Å². The maximum absolute atomic E-state index is 13.3. The monoisotopic (exact) mass is 266 g/mol. The third-order valence-electron chi connectivity index (χ3n) is 2.19. The molecule has 0 radical (unpaired) electrons. The van der Waals surface area contributed by atoms with E-state index >= 15 is 0 Å². The van der Waals surface area contributed by atoms with Crippen LogP contribution >= 0.6 is 0 Å². The van der Waals surface area contributed by atoms with E-state index in [1.165, 1.54) is 6.08 Å². The summed E-state index contributed by atoms with van der Waals surface area (Å²) >= 11 is -1.49. The standard InChI is InChI=1S/C12H23FO3S/c1-3-4-5-6-11-17(14)12(13)7-8-16-10-9-15-2/h7H,3-6,8-11H2,1-2H3. The minimum Gasteiger partial charge on any atom is -0.610 e. The topological polar surface area (TPSA) is 41.5 Å². The molecule has 0 rings (SSSR count). The lowest BCUT2D eigenvalue weighted by Crippen LogP contribution is -2.08. The summed E-state index contributed by atoms with van der Waals surface area (Å²) in [7, 11) is 1.57. The molecule has 102 valence electrons. The number of ether oxygens (including phenoxy) is 2. The molecule has 0 aromatic heterocycles. The van der Waals surface area contributed by atoms with E-state index in [9.17, 15) is 8.94 Å². The Morgan fingerprint density at radius 1 is 1.29 bits per heavy atom. The highest BCUT2D eigenvalue weighted by Crippen LogP contribution is 2.12. The molecule has 0 aromatic rings. The van der Waals surface area contributed by atoms with Crippen molar-refractivity contribution >= 4 is 11.2 Å². The molecule has 0 bridgehead atoms. The van der Waals surface area contributed by atoms with E-state index in [0.29, 0.717) is 19.0 Å². The first-order chi connectivity index (χ1) is 8.22. The van der Waals surface area contributed by atoms with Crippen molar-refractivity contribution in [3.05, 3.63) is 11.2 Å². The maximum Gasteiger partial charge on any atom is 0.298 e. The summed E-state index contributed by atoms with van der Waals surface area (Å²) < 4.78 is 34.5. The van der Waals surface area contributed by atoms with E-state index in [-0.39, 0.29) is 6.61 Å². The van der Waals surface area contributed by atoms with E-state index in [0.717, 1.165) is 25.7 Å². The van der Waals surface area contributed by atoms with Crippen LogP contribution in [0.15, 0.2) is 11.2 Å². The zero-order chi connectivity index (χ0) is 12.9. The molecule has 1 atom stereocenters.